The highest BCUT2D eigenvalue weighted by Crippen LogP contribution is 2.25. The Morgan fingerprint density at radius 2 is 2.09 bits per heavy atom. The first-order chi connectivity index (χ1) is 11.2. The molecule has 1 saturated heterocycles. The zero-order valence-electron chi connectivity index (χ0n) is 13.6. The summed E-state index contributed by atoms with van der Waals surface area (Å²) in [6, 6.07) is 14.3. The molecule has 1 amide bonds. The molecule has 1 aliphatic rings. The SMILES string of the molecule is CCC1(C(=O)NC(CN)c2ccc3ccccc3c2)CCCN1. The number of benzene rings is 2. The van der Waals surface area contributed by atoms with Crippen LogP contribution in [-0.4, -0.2) is 24.5 Å². The summed E-state index contributed by atoms with van der Waals surface area (Å²) in [5, 5.41) is 8.90. The van der Waals surface area contributed by atoms with Crippen LogP contribution in [0, 0.1) is 0 Å². The molecule has 0 spiro atoms. The number of rotatable bonds is 5. The quantitative estimate of drug-likeness (QED) is 0.795. The van der Waals surface area contributed by atoms with E-state index in [0.29, 0.717) is 6.54 Å². The van der Waals surface area contributed by atoms with Crippen molar-refractivity contribution < 1.29 is 4.79 Å². The number of hydrogen-bond acceptors (Lipinski definition) is 3. The molecule has 2 aromatic carbocycles. The first-order valence-corrected chi connectivity index (χ1v) is 8.43. The first-order valence-electron chi connectivity index (χ1n) is 8.43. The Labute approximate surface area is 137 Å². The Morgan fingerprint density at radius 3 is 2.74 bits per heavy atom. The van der Waals surface area contributed by atoms with Crippen LogP contribution in [-0.2, 0) is 4.79 Å². The summed E-state index contributed by atoms with van der Waals surface area (Å²) >= 11 is 0. The molecule has 2 unspecified atom stereocenters. The maximum absolute atomic E-state index is 12.8. The van der Waals surface area contributed by atoms with E-state index >= 15 is 0 Å². The van der Waals surface area contributed by atoms with Crippen molar-refractivity contribution in [3.05, 3.63) is 48.0 Å². The summed E-state index contributed by atoms with van der Waals surface area (Å²) in [6.45, 7) is 3.36. The molecule has 23 heavy (non-hydrogen) atoms. The fourth-order valence-corrected chi connectivity index (χ4v) is 3.46. The Kier molecular flexibility index (Phi) is 4.64. The smallest absolute Gasteiger partial charge is 0.240 e. The molecule has 0 aliphatic carbocycles. The fraction of sp³-hybridized carbons (Fsp3) is 0.421. The minimum atomic E-state index is -0.426. The van der Waals surface area contributed by atoms with Crippen molar-refractivity contribution in [3.8, 4) is 0 Å². The van der Waals surface area contributed by atoms with Crippen LogP contribution in [0.2, 0.25) is 0 Å². The standard InChI is InChI=1S/C19H25N3O/c1-2-19(10-5-11-21-19)18(23)22-17(13-20)16-9-8-14-6-3-4-7-15(14)12-16/h3-4,6-9,12,17,21H,2,5,10-11,13,20H2,1H3,(H,22,23). The summed E-state index contributed by atoms with van der Waals surface area (Å²) in [5.74, 6) is 0.0705. The molecule has 122 valence electrons. The van der Waals surface area contributed by atoms with Crippen LogP contribution in [0.1, 0.15) is 37.8 Å². The van der Waals surface area contributed by atoms with Gasteiger partial charge in [-0.3, -0.25) is 4.79 Å². The number of hydrogen-bond donors (Lipinski definition) is 3. The van der Waals surface area contributed by atoms with Crippen molar-refractivity contribution in [2.75, 3.05) is 13.1 Å². The summed E-state index contributed by atoms with van der Waals surface area (Å²) < 4.78 is 0. The minimum absolute atomic E-state index is 0.0705. The van der Waals surface area contributed by atoms with Gasteiger partial charge in [0.2, 0.25) is 5.91 Å². The Morgan fingerprint density at radius 1 is 1.30 bits per heavy atom. The number of carbonyl (C=O) groups excluding carboxylic acids is 1. The van der Waals surface area contributed by atoms with Crippen molar-refractivity contribution in [2.45, 2.75) is 37.8 Å². The lowest BCUT2D eigenvalue weighted by Crippen LogP contribution is -2.54. The van der Waals surface area contributed by atoms with Gasteiger partial charge in [-0.1, -0.05) is 43.3 Å². The van der Waals surface area contributed by atoms with Crippen LogP contribution < -0.4 is 16.4 Å². The van der Waals surface area contributed by atoms with Gasteiger partial charge in [0, 0.05) is 6.54 Å². The second kappa shape index (κ2) is 6.69. The van der Waals surface area contributed by atoms with Gasteiger partial charge in [-0.2, -0.15) is 0 Å². The van der Waals surface area contributed by atoms with Gasteiger partial charge in [-0.25, -0.2) is 0 Å². The maximum atomic E-state index is 12.8. The highest BCUT2D eigenvalue weighted by molar-refractivity contribution is 5.87. The van der Waals surface area contributed by atoms with Crippen molar-refractivity contribution in [3.63, 3.8) is 0 Å². The van der Waals surface area contributed by atoms with Crippen molar-refractivity contribution >= 4 is 16.7 Å². The minimum Gasteiger partial charge on any atom is -0.346 e. The molecule has 2 aromatic rings. The molecular weight excluding hydrogens is 286 g/mol. The van der Waals surface area contributed by atoms with Gasteiger partial charge < -0.3 is 16.4 Å². The molecule has 3 rings (SSSR count). The number of fused-ring (bicyclic) bond motifs is 1. The molecule has 4 N–H and O–H groups in total. The number of nitrogens with two attached hydrogens (primary N) is 1. The summed E-state index contributed by atoms with van der Waals surface area (Å²) in [7, 11) is 0. The Balaban J connectivity index is 1.82. The van der Waals surface area contributed by atoms with Crippen molar-refractivity contribution in [2.24, 2.45) is 5.73 Å². The second-order valence-corrected chi connectivity index (χ2v) is 6.33. The molecule has 0 radical (unpaired) electrons. The van der Waals surface area contributed by atoms with Gasteiger partial charge in [-0.15, -0.1) is 0 Å². The number of nitrogens with one attached hydrogen (secondary N) is 2. The monoisotopic (exact) mass is 311 g/mol. The van der Waals surface area contributed by atoms with Crippen LogP contribution in [0.15, 0.2) is 42.5 Å². The molecule has 1 aliphatic heterocycles. The predicted molar refractivity (Wildman–Crippen MR) is 94.1 cm³/mol. The molecule has 1 fully saturated rings. The first kappa shape index (κ1) is 16.0. The van der Waals surface area contributed by atoms with E-state index in [9.17, 15) is 4.79 Å². The average Bonchev–Trinajstić information content (AvgIpc) is 3.09. The molecule has 4 nitrogen and oxygen atoms in total. The van der Waals surface area contributed by atoms with E-state index < -0.39 is 5.54 Å². The third-order valence-corrected chi connectivity index (χ3v) is 5.00. The van der Waals surface area contributed by atoms with Crippen LogP contribution in [0.5, 0.6) is 0 Å². The predicted octanol–water partition coefficient (Wildman–Crippen LogP) is 2.49. The van der Waals surface area contributed by atoms with E-state index in [4.69, 9.17) is 5.73 Å². The van der Waals surface area contributed by atoms with Gasteiger partial charge >= 0.3 is 0 Å². The third-order valence-electron chi connectivity index (χ3n) is 5.00. The van der Waals surface area contributed by atoms with E-state index in [2.05, 4.69) is 47.9 Å². The normalized spacial score (nSPS) is 22.2. The van der Waals surface area contributed by atoms with Crippen molar-refractivity contribution in [1.82, 2.24) is 10.6 Å². The van der Waals surface area contributed by atoms with Crippen LogP contribution in [0.3, 0.4) is 0 Å². The summed E-state index contributed by atoms with van der Waals surface area (Å²) in [5.41, 5.74) is 6.58. The highest BCUT2D eigenvalue weighted by Gasteiger charge is 2.39. The van der Waals surface area contributed by atoms with Gasteiger partial charge in [0.1, 0.15) is 0 Å². The van der Waals surface area contributed by atoms with Gasteiger partial charge in [0.15, 0.2) is 0 Å². The lowest BCUT2D eigenvalue weighted by Gasteiger charge is -2.29. The lowest BCUT2D eigenvalue weighted by atomic mass is 9.92. The van der Waals surface area contributed by atoms with Gasteiger partial charge in [0.05, 0.1) is 11.6 Å². The van der Waals surface area contributed by atoms with Crippen LogP contribution in [0.4, 0.5) is 0 Å². The average molecular weight is 311 g/mol. The number of amides is 1. The molecule has 0 bridgehead atoms. The van der Waals surface area contributed by atoms with Crippen LogP contribution >= 0.6 is 0 Å². The molecular formula is C19H25N3O. The van der Waals surface area contributed by atoms with E-state index in [1.165, 1.54) is 10.8 Å². The van der Waals surface area contributed by atoms with E-state index in [0.717, 1.165) is 31.4 Å². The summed E-state index contributed by atoms with van der Waals surface area (Å²) in [4.78, 5) is 12.8. The van der Waals surface area contributed by atoms with E-state index in [-0.39, 0.29) is 11.9 Å². The molecule has 4 heteroatoms. The highest BCUT2D eigenvalue weighted by atomic mass is 16.2. The molecule has 0 saturated carbocycles. The van der Waals surface area contributed by atoms with E-state index in [1.807, 2.05) is 12.1 Å². The van der Waals surface area contributed by atoms with Gasteiger partial charge in [0.25, 0.3) is 0 Å². The lowest BCUT2D eigenvalue weighted by molar-refractivity contribution is -0.128. The zero-order valence-corrected chi connectivity index (χ0v) is 13.6. The van der Waals surface area contributed by atoms with Crippen LogP contribution in [0.25, 0.3) is 10.8 Å². The number of carbonyl (C=O) groups is 1. The second-order valence-electron chi connectivity index (χ2n) is 6.33. The van der Waals surface area contributed by atoms with Gasteiger partial charge in [-0.05, 0) is 48.2 Å². The Hall–Kier alpha value is -1.91. The molecule has 2 atom stereocenters. The molecule has 1 heterocycles. The largest absolute Gasteiger partial charge is 0.346 e. The molecule has 0 aromatic heterocycles. The van der Waals surface area contributed by atoms with E-state index in [1.54, 1.807) is 0 Å². The fourth-order valence-electron chi connectivity index (χ4n) is 3.46. The topological polar surface area (TPSA) is 67.2 Å². The third kappa shape index (κ3) is 3.09. The van der Waals surface area contributed by atoms with Crippen molar-refractivity contribution in [1.29, 1.82) is 0 Å². The summed E-state index contributed by atoms with van der Waals surface area (Å²) in [6.07, 6.45) is 2.74. The maximum Gasteiger partial charge on any atom is 0.240 e. The Bertz CT molecular complexity index is 692. The zero-order chi connectivity index (χ0) is 16.3.